The molecule has 0 bridgehead atoms. The van der Waals surface area contributed by atoms with E-state index in [1.807, 2.05) is 24.3 Å². The minimum atomic E-state index is -0.616. The summed E-state index contributed by atoms with van der Waals surface area (Å²) in [6.45, 7) is 5.98. The number of anilines is 1. The molecule has 6 nitrogen and oxygen atoms in total. The van der Waals surface area contributed by atoms with Crippen molar-refractivity contribution in [3.05, 3.63) is 53.6 Å². The van der Waals surface area contributed by atoms with Crippen LogP contribution in [-0.2, 0) is 14.9 Å². The van der Waals surface area contributed by atoms with E-state index in [-0.39, 0.29) is 17.6 Å². The Kier molecular flexibility index (Phi) is 6.45. The normalized spacial score (nSPS) is 10.9. The summed E-state index contributed by atoms with van der Waals surface area (Å²) in [5, 5.41) is 2.71. The molecule has 6 heteroatoms. The minimum absolute atomic E-state index is 0.0392. The van der Waals surface area contributed by atoms with Gasteiger partial charge in [0.1, 0.15) is 0 Å². The zero-order valence-electron chi connectivity index (χ0n) is 16.3. The average Bonchev–Trinajstić information content (AvgIpc) is 2.65. The van der Waals surface area contributed by atoms with E-state index in [1.54, 1.807) is 12.1 Å². The van der Waals surface area contributed by atoms with Crippen LogP contribution < -0.4 is 14.8 Å². The van der Waals surface area contributed by atoms with Crippen molar-refractivity contribution in [1.29, 1.82) is 0 Å². The molecule has 2 aromatic rings. The van der Waals surface area contributed by atoms with Crippen LogP contribution in [0.15, 0.2) is 42.5 Å². The first kappa shape index (κ1) is 20.3. The first-order valence-corrected chi connectivity index (χ1v) is 8.54. The van der Waals surface area contributed by atoms with Gasteiger partial charge in [0, 0.05) is 5.69 Å². The topological polar surface area (TPSA) is 73.9 Å². The smallest absolute Gasteiger partial charge is 0.338 e. The highest BCUT2D eigenvalue weighted by atomic mass is 16.5. The lowest BCUT2D eigenvalue weighted by molar-refractivity contribution is -0.119. The predicted molar refractivity (Wildman–Crippen MR) is 104 cm³/mol. The Morgan fingerprint density at radius 2 is 1.56 bits per heavy atom. The molecule has 0 heterocycles. The van der Waals surface area contributed by atoms with Crippen molar-refractivity contribution < 1.29 is 23.8 Å². The maximum absolute atomic E-state index is 12.1. The average molecular weight is 371 g/mol. The Morgan fingerprint density at radius 1 is 0.926 bits per heavy atom. The lowest BCUT2D eigenvalue weighted by Crippen LogP contribution is -2.21. The van der Waals surface area contributed by atoms with Gasteiger partial charge < -0.3 is 19.5 Å². The summed E-state index contributed by atoms with van der Waals surface area (Å²) in [4.78, 5) is 24.1. The minimum Gasteiger partial charge on any atom is -0.493 e. The van der Waals surface area contributed by atoms with E-state index in [0.29, 0.717) is 17.2 Å². The first-order chi connectivity index (χ1) is 12.7. The second-order valence-corrected chi connectivity index (χ2v) is 7.02. The third kappa shape index (κ3) is 5.48. The molecule has 0 aromatic heterocycles. The van der Waals surface area contributed by atoms with Gasteiger partial charge in [0.05, 0.1) is 19.8 Å². The number of carbonyl (C=O) groups is 2. The zero-order valence-corrected chi connectivity index (χ0v) is 16.3. The maximum atomic E-state index is 12.1. The Balaban J connectivity index is 1.92. The lowest BCUT2D eigenvalue weighted by Gasteiger charge is -2.19. The van der Waals surface area contributed by atoms with Gasteiger partial charge in [0.15, 0.2) is 18.1 Å². The van der Waals surface area contributed by atoms with E-state index in [0.717, 1.165) is 0 Å². The van der Waals surface area contributed by atoms with Crippen LogP contribution in [0.4, 0.5) is 5.69 Å². The molecule has 0 aliphatic rings. The molecule has 0 aliphatic heterocycles. The van der Waals surface area contributed by atoms with E-state index in [1.165, 1.54) is 25.8 Å². The third-order valence-corrected chi connectivity index (χ3v) is 3.99. The van der Waals surface area contributed by atoms with Gasteiger partial charge in [-0.2, -0.15) is 0 Å². The number of rotatable bonds is 6. The molecule has 0 aliphatic carbocycles. The molecule has 0 radical (unpaired) electrons. The summed E-state index contributed by atoms with van der Waals surface area (Å²) >= 11 is 0. The van der Waals surface area contributed by atoms with Gasteiger partial charge in [-0.15, -0.1) is 0 Å². The molecule has 0 spiro atoms. The van der Waals surface area contributed by atoms with Crippen LogP contribution in [0, 0.1) is 0 Å². The van der Waals surface area contributed by atoms with Crippen LogP contribution in [0.3, 0.4) is 0 Å². The molecule has 144 valence electrons. The molecule has 0 fully saturated rings. The summed E-state index contributed by atoms with van der Waals surface area (Å²) in [7, 11) is 2.99. The predicted octanol–water partition coefficient (Wildman–Crippen LogP) is 3.80. The molecular formula is C21H25NO5. The lowest BCUT2D eigenvalue weighted by atomic mass is 9.87. The van der Waals surface area contributed by atoms with Gasteiger partial charge in [-0.05, 0) is 41.3 Å². The van der Waals surface area contributed by atoms with Crippen LogP contribution in [0.1, 0.15) is 36.7 Å². The van der Waals surface area contributed by atoms with Gasteiger partial charge in [0.25, 0.3) is 5.91 Å². The SMILES string of the molecule is COc1ccc(C(=O)OCC(=O)Nc2ccc(C(C)(C)C)cc2)cc1OC. The largest absolute Gasteiger partial charge is 0.493 e. The summed E-state index contributed by atoms with van der Waals surface area (Å²) in [5.41, 5.74) is 2.13. The van der Waals surface area contributed by atoms with Crippen LogP contribution >= 0.6 is 0 Å². The number of ether oxygens (including phenoxy) is 3. The molecule has 2 aromatic carbocycles. The second kappa shape index (κ2) is 8.58. The Bertz CT molecular complexity index is 806. The van der Waals surface area contributed by atoms with E-state index in [4.69, 9.17) is 14.2 Å². The summed E-state index contributed by atoms with van der Waals surface area (Å²) in [5.74, 6) is -0.109. The molecule has 27 heavy (non-hydrogen) atoms. The number of amides is 1. The van der Waals surface area contributed by atoms with Crippen LogP contribution in [0.2, 0.25) is 0 Å². The van der Waals surface area contributed by atoms with Crippen molar-refractivity contribution in [3.63, 3.8) is 0 Å². The maximum Gasteiger partial charge on any atom is 0.338 e. The molecule has 0 saturated carbocycles. The number of hydrogen-bond donors (Lipinski definition) is 1. The summed E-state index contributed by atoms with van der Waals surface area (Å²) < 4.78 is 15.3. The first-order valence-electron chi connectivity index (χ1n) is 8.54. The fourth-order valence-electron chi connectivity index (χ4n) is 2.43. The zero-order chi connectivity index (χ0) is 20.0. The van der Waals surface area contributed by atoms with Gasteiger partial charge in [0.2, 0.25) is 0 Å². The molecule has 2 rings (SSSR count). The molecule has 1 amide bonds. The molecule has 0 saturated heterocycles. The number of esters is 1. The summed E-state index contributed by atoms with van der Waals surface area (Å²) in [6, 6.07) is 12.2. The molecule has 0 atom stereocenters. The van der Waals surface area contributed by atoms with E-state index in [9.17, 15) is 9.59 Å². The van der Waals surface area contributed by atoms with Crippen LogP contribution in [-0.4, -0.2) is 32.7 Å². The van der Waals surface area contributed by atoms with E-state index < -0.39 is 11.9 Å². The van der Waals surface area contributed by atoms with Gasteiger partial charge >= 0.3 is 5.97 Å². The number of carbonyl (C=O) groups excluding carboxylic acids is 2. The number of nitrogens with one attached hydrogen (secondary N) is 1. The third-order valence-electron chi connectivity index (χ3n) is 3.99. The van der Waals surface area contributed by atoms with Crippen LogP contribution in [0.25, 0.3) is 0 Å². The fraction of sp³-hybridized carbons (Fsp3) is 0.333. The second-order valence-electron chi connectivity index (χ2n) is 7.02. The quantitative estimate of drug-likeness (QED) is 0.782. The Labute approximate surface area is 159 Å². The number of hydrogen-bond acceptors (Lipinski definition) is 5. The van der Waals surface area contributed by atoms with Crippen molar-refractivity contribution in [2.45, 2.75) is 26.2 Å². The van der Waals surface area contributed by atoms with Crippen molar-refractivity contribution in [2.75, 3.05) is 26.1 Å². The van der Waals surface area contributed by atoms with Gasteiger partial charge in [-0.25, -0.2) is 4.79 Å². The van der Waals surface area contributed by atoms with Crippen molar-refractivity contribution in [1.82, 2.24) is 0 Å². The summed E-state index contributed by atoms with van der Waals surface area (Å²) in [6.07, 6.45) is 0. The highest BCUT2D eigenvalue weighted by Gasteiger charge is 2.15. The van der Waals surface area contributed by atoms with Gasteiger partial charge in [-0.1, -0.05) is 32.9 Å². The highest BCUT2D eigenvalue weighted by molar-refractivity contribution is 5.95. The fourth-order valence-corrected chi connectivity index (χ4v) is 2.43. The number of benzene rings is 2. The standard InChI is InChI=1S/C21H25NO5/c1-21(2,3)15-7-9-16(10-8-15)22-19(23)13-27-20(24)14-6-11-17(25-4)18(12-14)26-5/h6-12H,13H2,1-5H3,(H,22,23). The van der Waals surface area contributed by atoms with Crippen molar-refractivity contribution in [3.8, 4) is 11.5 Å². The van der Waals surface area contributed by atoms with E-state index in [2.05, 4.69) is 26.1 Å². The van der Waals surface area contributed by atoms with Crippen LogP contribution in [0.5, 0.6) is 11.5 Å². The molecule has 1 N–H and O–H groups in total. The molecular weight excluding hydrogens is 346 g/mol. The Hall–Kier alpha value is -3.02. The molecule has 0 unspecified atom stereocenters. The van der Waals surface area contributed by atoms with Crippen molar-refractivity contribution >= 4 is 17.6 Å². The van der Waals surface area contributed by atoms with E-state index >= 15 is 0 Å². The van der Waals surface area contributed by atoms with Crippen molar-refractivity contribution in [2.24, 2.45) is 0 Å². The number of methoxy groups -OCH3 is 2. The Morgan fingerprint density at radius 3 is 2.11 bits per heavy atom. The highest BCUT2D eigenvalue weighted by Crippen LogP contribution is 2.28. The monoisotopic (exact) mass is 371 g/mol. The van der Waals surface area contributed by atoms with Gasteiger partial charge in [-0.3, -0.25) is 4.79 Å².